The lowest BCUT2D eigenvalue weighted by molar-refractivity contribution is -0.181. The summed E-state index contributed by atoms with van der Waals surface area (Å²) in [5.41, 5.74) is 0. The van der Waals surface area contributed by atoms with Crippen molar-refractivity contribution >= 4 is 0 Å². The van der Waals surface area contributed by atoms with Gasteiger partial charge >= 0.3 is 6.18 Å². The maximum atomic E-state index is 12.0. The van der Waals surface area contributed by atoms with Crippen LogP contribution in [0.15, 0.2) is 0 Å². The third-order valence-corrected chi connectivity index (χ3v) is 1.99. The van der Waals surface area contributed by atoms with Crippen LogP contribution >= 0.6 is 0 Å². The highest BCUT2D eigenvalue weighted by atomic mass is 19.4. The minimum Gasteiger partial charge on any atom is -0.396 e. The van der Waals surface area contributed by atoms with Crippen molar-refractivity contribution in [1.82, 2.24) is 5.32 Å². The molecule has 2 atom stereocenters. The number of aliphatic hydroxyl groups excluding tert-OH is 1. The molecule has 0 spiro atoms. The van der Waals surface area contributed by atoms with Gasteiger partial charge in [0.2, 0.25) is 0 Å². The van der Waals surface area contributed by atoms with Gasteiger partial charge < -0.3 is 10.4 Å². The molecule has 1 fully saturated rings. The first-order valence-electron chi connectivity index (χ1n) is 3.44. The lowest BCUT2D eigenvalue weighted by Gasteiger charge is -2.18. The van der Waals surface area contributed by atoms with Crippen LogP contribution in [-0.2, 0) is 0 Å². The van der Waals surface area contributed by atoms with Crippen molar-refractivity contribution in [3.05, 3.63) is 0 Å². The van der Waals surface area contributed by atoms with E-state index in [9.17, 15) is 13.2 Å². The molecule has 11 heavy (non-hydrogen) atoms. The van der Waals surface area contributed by atoms with Gasteiger partial charge in [-0.25, -0.2) is 0 Å². The van der Waals surface area contributed by atoms with E-state index < -0.39 is 24.6 Å². The SMILES string of the molecule is OC[C@@H]1CNC[C@@H]1C(F)(F)F. The van der Waals surface area contributed by atoms with Crippen LogP contribution in [0, 0.1) is 11.8 Å². The van der Waals surface area contributed by atoms with Crippen LogP contribution in [0.2, 0.25) is 0 Å². The first kappa shape index (κ1) is 8.80. The molecule has 1 saturated heterocycles. The normalized spacial score (nSPS) is 32.7. The standard InChI is InChI=1S/C6H10F3NO/c7-6(8,9)5-2-10-1-4(5)3-11/h4-5,10-11H,1-3H2/t4-,5-/m0/s1. The van der Waals surface area contributed by atoms with Gasteiger partial charge in [0.1, 0.15) is 0 Å². The van der Waals surface area contributed by atoms with E-state index in [1.165, 1.54) is 0 Å². The second-order valence-corrected chi connectivity index (χ2v) is 2.75. The predicted molar refractivity (Wildman–Crippen MR) is 33.0 cm³/mol. The summed E-state index contributed by atoms with van der Waals surface area (Å²) in [6.45, 7) is -0.188. The Hall–Kier alpha value is -0.290. The zero-order valence-corrected chi connectivity index (χ0v) is 5.86. The minimum atomic E-state index is -4.17. The molecular weight excluding hydrogens is 159 g/mol. The van der Waals surface area contributed by atoms with Crippen LogP contribution in [0.5, 0.6) is 0 Å². The van der Waals surface area contributed by atoms with Crippen molar-refractivity contribution in [2.45, 2.75) is 6.18 Å². The van der Waals surface area contributed by atoms with Crippen molar-refractivity contribution in [3.63, 3.8) is 0 Å². The summed E-state index contributed by atoms with van der Waals surface area (Å²) in [7, 11) is 0. The average molecular weight is 169 g/mol. The average Bonchev–Trinajstić information content (AvgIpc) is 2.31. The molecule has 2 nitrogen and oxygen atoms in total. The maximum absolute atomic E-state index is 12.0. The third-order valence-electron chi connectivity index (χ3n) is 1.99. The van der Waals surface area contributed by atoms with Gasteiger partial charge in [-0.1, -0.05) is 0 Å². The molecule has 0 aliphatic carbocycles. The molecule has 1 aliphatic rings. The molecule has 1 aliphatic heterocycles. The van der Waals surface area contributed by atoms with Crippen molar-refractivity contribution in [1.29, 1.82) is 0 Å². The lowest BCUT2D eigenvalue weighted by atomic mass is 9.97. The molecule has 1 rings (SSSR count). The van der Waals surface area contributed by atoms with Gasteiger partial charge in [-0.3, -0.25) is 0 Å². The van der Waals surface area contributed by atoms with Crippen molar-refractivity contribution < 1.29 is 18.3 Å². The molecule has 0 bridgehead atoms. The van der Waals surface area contributed by atoms with E-state index in [-0.39, 0.29) is 13.1 Å². The Morgan fingerprint density at radius 3 is 2.36 bits per heavy atom. The summed E-state index contributed by atoms with van der Waals surface area (Å²) in [4.78, 5) is 0. The molecule has 66 valence electrons. The number of hydrogen-bond acceptors (Lipinski definition) is 2. The first-order chi connectivity index (χ1) is 5.05. The number of halogens is 3. The highest BCUT2D eigenvalue weighted by molar-refractivity contribution is 4.85. The molecule has 2 N–H and O–H groups in total. The quantitative estimate of drug-likeness (QED) is 0.594. The third kappa shape index (κ3) is 1.84. The summed E-state index contributed by atoms with van der Waals surface area (Å²) in [5, 5.41) is 11.2. The number of nitrogens with one attached hydrogen (secondary N) is 1. The summed E-state index contributed by atoms with van der Waals surface area (Å²) < 4.78 is 36.1. The van der Waals surface area contributed by atoms with Crippen LogP contribution in [0.1, 0.15) is 0 Å². The molecule has 1 heterocycles. The van der Waals surface area contributed by atoms with Crippen molar-refractivity contribution in [3.8, 4) is 0 Å². The van der Waals surface area contributed by atoms with E-state index in [0.29, 0.717) is 0 Å². The topological polar surface area (TPSA) is 32.3 Å². The van der Waals surface area contributed by atoms with Crippen LogP contribution in [0.25, 0.3) is 0 Å². The molecule has 0 aromatic rings. The smallest absolute Gasteiger partial charge is 0.393 e. The zero-order valence-electron chi connectivity index (χ0n) is 5.86. The Labute approximate surface area is 62.4 Å². The zero-order chi connectivity index (χ0) is 8.48. The molecule has 0 unspecified atom stereocenters. The van der Waals surface area contributed by atoms with Crippen LogP contribution < -0.4 is 5.32 Å². The van der Waals surface area contributed by atoms with Gasteiger partial charge in [-0.15, -0.1) is 0 Å². The van der Waals surface area contributed by atoms with Gasteiger partial charge in [0.15, 0.2) is 0 Å². The highest BCUT2D eigenvalue weighted by Gasteiger charge is 2.46. The second-order valence-electron chi connectivity index (χ2n) is 2.75. The first-order valence-corrected chi connectivity index (χ1v) is 3.44. The molecule has 0 radical (unpaired) electrons. The Morgan fingerprint density at radius 1 is 1.36 bits per heavy atom. The van der Waals surface area contributed by atoms with E-state index in [2.05, 4.69) is 5.32 Å². The lowest BCUT2D eigenvalue weighted by Crippen LogP contribution is -2.31. The largest absolute Gasteiger partial charge is 0.396 e. The van der Waals surface area contributed by atoms with E-state index in [1.54, 1.807) is 0 Å². The molecule has 0 aromatic heterocycles. The monoisotopic (exact) mass is 169 g/mol. The molecule has 5 heteroatoms. The van der Waals surface area contributed by atoms with Gasteiger partial charge in [-0.05, 0) is 0 Å². The van der Waals surface area contributed by atoms with E-state index in [0.717, 1.165) is 0 Å². The van der Waals surface area contributed by atoms with E-state index in [4.69, 9.17) is 5.11 Å². The van der Waals surface area contributed by atoms with E-state index in [1.807, 2.05) is 0 Å². The maximum Gasteiger partial charge on any atom is 0.393 e. The van der Waals surface area contributed by atoms with Gasteiger partial charge in [0.25, 0.3) is 0 Å². The number of aliphatic hydroxyl groups is 1. The Kier molecular flexibility index (Phi) is 2.39. The Balaban J connectivity index is 2.57. The van der Waals surface area contributed by atoms with Gasteiger partial charge in [0.05, 0.1) is 5.92 Å². The predicted octanol–water partition coefficient (Wildman–Crippen LogP) is 0.377. The van der Waals surface area contributed by atoms with Crippen molar-refractivity contribution in [2.75, 3.05) is 19.7 Å². The Morgan fingerprint density at radius 2 is 2.00 bits per heavy atom. The van der Waals surface area contributed by atoms with Crippen LogP contribution in [-0.4, -0.2) is 31.0 Å². The summed E-state index contributed by atoms with van der Waals surface area (Å²) in [6, 6.07) is 0. The van der Waals surface area contributed by atoms with Gasteiger partial charge in [0, 0.05) is 25.6 Å². The Bertz CT molecular complexity index is 136. The fourth-order valence-corrected chi connectivity index (χ4v) is 1.31. The van der Waals surface area contributed by atoms with Crippen LogP contribution in [0.4, 0.5) is 13.2 Å². The van der Waals surface area contributed by atoms with Crippen molar-refractivity contribution in [2.24, 2.45) is 11.8 Å². The number of rotatable bonds is 1. The fraction of sp³-hybridized carbons (Fsp3) is 1.00. The summed E-state index contributed by atoms with van der Waals surface area (Å²) in [5.74, 6) is -2.03. The highest BCUT2D eigenvalue weighted by Crippen LogP contribution is 2.33. The fourth-order valence-electron chi connectivity index (χ4n) is 1.31. The second kappa shape index (κ2) is 2.98. The number of hydrogen-bond donors (Lipinski definition) is 2. The number of alkyl halides is 3. The minimum absolute atomic E-state index is 0.0608. The molecule has 0 amide bonds. The summed E-state index contributed by atoms with van der Waals surface area (Å²) in [6.07, 6.45) is -4.17. The summed E-state index contributed by atoms with van der Waals surface area (Å²) >= 11 is 0. The van der Waals surface area contributed by atoms with E-state index >= 15 is 0 Å². The molecule has 0 aromatic carbocycles. The van der Waals surface area contributed by atoms with Gasteiger partial charge in [-0.2, -0.15) is 13.2 Å². The molecule has 0 saturated carbocycles. The van der Waals surface area contributed by atoms with Crippen LogP contribution in [0.3, 0.4) is 0 Å². The molecular formula is C6H10F3NO.